The van der Waals surface area contributed by atoms with E-state index in [2.05, 4.69) is 49.3 Å². The molecule has 0 N–H and O–H groups in total. The van der Waals surface area contributed by atoms with Crippen LogP contribution in [-0.2, 0) is 0 Å². The Balaban J connectivity index is 1.89. The van der Waals surface area contributed by atoms with Crippen molar-refractivity contribution < 1.29 is 0 Å². The Morgan fingerprint density at radius 2 is 1.33 bits per heavy atom. The van der Waals surface area contributed by atoms with Gasteiger partial charge in [0.2, 0.25) is 0 Å². The first-order valence-corrected chi connectivity index (χ1v) is 11.8. The molecule has 2 saturated carbocycles. The molecular formula is C21H35BNP. The van der Waals surface area contributed by atoms with Gasteiger partial charge in [-0.2, -0.15) is 0 Å². The van der Waals surface area contributed by atoms with Crippen molar-refractivity contribution in [3.8, 4) is 0 Å². The molecule has 3 rings (SSSR count). The van der Waals surface area contributed by atoms with E-state index in [9.17, 15) is 0 Å². The molecule has 0 heterocycles. The van der Waals surface area contributed by atoms with Gasteiger partial charge in [0.1, 0.15) is 0 Å². The lowest BCUT2D eigenvalue weighted by molar-refractivity contribution is 0.464. The number of benzene rings is 1. The quantitative estimate of drug-likeness (QED) is 0.454. The Morgan fingerprint density at radius 3 is 1.79 bits per heavy atom. The maximum absolute atomic E-state index is 2.46. The van der Waals surface area contributed by atoms with Crippen LogP contribution in [0, 0.1) is 0 Å². The van der Waals surface area contributed by atoms with Crippen molar-refractivity contribution in [2.75, 3.05) is 20.4 Å². The molecule has 24 heavy (non-hydrogen) atoms. The fraction of sp³-hybridized carbons (Fsp3) is 0.714. The maximum atomic E-state index is 2.46. The second-order valence-corrected chi connectivity index (χ2v) is 10.6. The lowest BCUT2D eigenvalue weighted by atomic mass is 9.46. The van der Waals surface area contributed by atoms with E-state index in [0.717, 1.165) is 18.1 Å². The molecule has 1 unspecified atom stereocenters. The number of hydrogen-bond acceptors (Lipinski definition) is 1. The predicted octanol–water partition coefficient (Wildman–Crippen LogP) is 5.97. The molecule has 1 aromatic rings. The fourth-order valence-corrected chi connectivity index (χ4v) is 8.59. The smallest absolute Gasteiger partial charge is 0.184 e. The van der Waals surface area contributed by atoms with Gasteiger partial charge in [-0.25, -0.2) is 0 Å². The molecule has 0 aliphatic heterocycles. The van der Waals surface area contributed by atoms with Crippen molar-refractivity contribution in [1.29, 1.82) is 0 Å². The average molecular weight is 343 g/mol. The predicted molar refractivity (Wildman–Crippen MR) is 111 cm³/mol. The summed E-state index contributed by atoms with van der Waals surface area (Å²) in [5.74, 6) is 1.99. The van der Waals surface area contributed by atoms with Crippen LogP contribution < -0.4 is 5.30 Å². The Hall–Kier alpha value is -0.325. The molecule has 3 heteroatoms. The summed E-state index contributed by atoms with van der Waals surface area (Å²) in [7, 11) is 4.47. The first kappa shape index (κ1) is 18.5. The summed E-state index contributed by atoms with van der Waals surface area (Å²) >= 11 is 0. The van der Waals surface area contributed by atoms with Crippen molar-refractivity contribution in [3.05, 3.63) is 30.3 Å². The Labute approximate surface area is 151 Å². The van der Waals surface area contributed by atoms with Gasteiger partial charge in [-0.1, -0.05) is 114 Å². The lowest BCUT2D eigenvalue weighted by Crippen LogP contribution is -2.35. The molecule has 0 spiro atoms. The monoisotopic (exact) mass is 343 g/mol. The summed E-state index contributed by atoms with van der Waals surface area (Å²) in [6.07, 6.45) is 17.1. The molecule has 1 atom stereocenters. The van der Waals surface area contributed by atoms with Crippen LogP contribution in [-0.4, -0.2) is 31.7 Å². The second-order valence-electron chi connectivity index (χ2n) is 8.31. The molecule has 0 aromatic heterocycles. The number of rotatable bonds is 6. The normalized spacial score (nSPS) is 21.8. The SMILES string of the molecule is CN(C)CP(B(C1CCCCC1)C1CCCCC1)c1ccccc1. The van der Waals surface area contributed by atoms with Gasteiger partial charge in [0.25, 0.3) is 0 Å². The van der Waals surface area contributed by atoms with Crippen LogP contribution in [0.15, 0.2) is 30.3 Å². The molecule has 2 aliphatic carbocycles. The van der Waals surface area contributed by atoms with Crippen LogP contribution in [0.25, 0.3) is 0 Å². The van der Waals surface area contributed by atoms with Crippen LogP contribution in [0.2, 0.25) is 11.6 Å². The third kappa shape index (κ3) is 4.86. The minimum Gasteiger partial charge on any atom is -0.306 e. The fourth-order valence-electron chi connectivity index (χ4n) is 5.12. The van der Waals surface area contributed by atoms with Gasteiger partial charge in [0.15, 0.2) is 6.43 Å². The van der Waals surface area contributed by atoms with Gasteiger partial charge in [-0.05, 0) is 19.4 Å². The van der Waals surface area contributed by atoms with Crippen LogP contribution in [0.5, 0.6) is 0 Å². The zero-order valence-corrected chi connectivity index (χ0v) is 16.7. The summed E-state index contributed by atoms with van der Waals surface area (Å²) in [6.45, 7) is 0. The molecule has 1 nitrogen and oxygen atoms in total. The highest BCUT2D eigenvalue weighted by molar-refractivity contribution is 7.96. The van der Waals surface area contributed by atoms with E-state index in [-0.39, 0.29) is 7.80 Å². The van der Waals surface area contributed by atoms with Crippen molar-refractivity contribution in [1.82, 2.24) is 4.90 Å². The zero-order chi connectivity index (χ0) is 16.8. The number of nitrogens with zero attached hydrogens (tertiary/aromatic N) is 1. The van der Waals surface area contributed by atoms with Gasteiger partial charge < -0.3 is 4.90 Å². The van der Waals surface area contributed by atoms with E-state index < -0.39 is 0 Å². The van der Waals surface area contributed by atoms with E-state index in [1.165, 1.54) is 70.5 Å². The third-order valence-electron chi connectivity index (χ3n) is 6.15. The Bertz CT molecular complexity index is 448. The van der Waals surface area contributed by atoms with Crippen molar-refractivity contribution >= 4 is 19.5 Å². The highest BCUT2D eigenvalue weighted by Gasteiger charge is 2.40. The molecule has 2 aliphatic rings. The van der Waals surface area contributed by atoms with Gasteiger partial charge in [-0.15, -0.1) is 0 Å². The van der Waals surface area contributed by atoms with Crippen molar-refractivity contribution in [3.63, 3.8) is 0 Å². The molecule has 0 bridgehead atoms. The van der Waals surface area contributed by atoms with E-state index in [1.54, 1.807) is 5.30 Å². The van der Waals surface area contributed by atoms with Gasteiger partial charge in [0.05, 0.1) is 0 Å². The largest absolute Gasteiger partial charge is 0.306 e. The van der Waals surface area contributed by atoms with Gasteiger partial charge in [0, 0.05) is 6.29 Å². The summed E-state index contributed by atoms with van der Waals surface area (Å²) in [5, 5.41) is 1.65. The molecule has 0 amide bonds. The van der Waals surface area contributed by atoms with Gasteiger partial charge >= 0.3 is 0 Å². The number of hydrogen-bond donors (Lipinski definition) is 0. The zero-order valence-electron chi connectivity index (χ0n) is 15.8. The minimum absolute atomic E-state index is 0.0784. The molecular weight excluding hydrogens is 308 g/mol. The van der Waals surface area contributed by atoms with E-state index in [1.807, 2.05) is 0 Å². The summed E-state index contributed by atoms with van der Waals surface area (Å²) in [5.41, 5.74) is 0. The highest BCUT2D eigenvalue weighted by atomic mass is 31.1. The topological polar surface area (TPSA) is 3.24 Å². The van der Waals surface area contributed by atoms with Crippen LogP contribution >= 0.6 is 7.80 Å². The maximum Gasteiger partial charge on any atom is 0.184 e. The van der Waals surface area contributed by atoms with E-state index in [4.69, 9.17) is 0 Å². The van der Waals surface area contributed by atoms with Crippen molar-refractivity contribution in [2.45, 2.75) is 75.8 Å². The third-order valence-corrected chi connectivity index (χ3v) is 9.54. The second kappa shape index (κ2) is 9.39. The molecule has 2 fully saturated rings. The molecule has 0 saturated heterocycles. The Kier molecular flexibility index (Phi) is 7.23. The first-order chi connectivity index (χ1) is 11.8. The first-order valence-electron chi connectivity index (χ1n) is 10.2. The average Bonchev–Trinajstić information content (AvgIpc) is 2.63. The molecule has 1 aromatic carbocycles. The van der Waals surface area contributed by atoms with Crippen molar-refractivity contribution in [2.24, 2.45) is 0 Å². The summed E-state index contributed by atoms with van der Waals surface area (Å²) in [4.78, 5) is 2.46. The van der Waals surface area contributed by atoms with E-state index in [0.29, 0.717) is 0 Å². The van der Waals surface area contributed by atoms with Crippen LogP contribution in [0.3, 0.4) is 0 Å². The Morgan fingerprint density at radius 1 is 0.833 bits per heavy atom. The summed E-state index contributed by atoms with van der Waals surface area (Å²) < 4.78 is 0. The standard InChI is InChI=1S/C21H35BNP/c1-23(2)18-24(21-16-10-5-11-17-21)22(19-12-6-3-7-13-19)20-14-8-4-9-15-20/h5,10-11,16-17,19-20H,3-4,6-9,12-15,18H2,1-2H3. The summed E-state index contributed by atoms with van der Waals surface area (Å²) in [6, 6.07) is 11.6. The molecule has 0 radical (unpaired) electrons. The van der Waals surface area contributed by atoms with Crippen LogP contribution in [0.4, 0.5) is 0 Å². The van der Waals surface area contributed by atoms with E-state index >= 15 is 0 Å². The van der Waals surface area contributed by atoms with Crippen LogP contribution in [0.1, 0.15) is 64.2 Å². The molecule has 132 valence electrons. The van der Waals surface area contributed by atoms with Gasteiger partial charge in [-0.3, -0.25) is 0 Å². The highest BCUT2D eigenvalue weighted by Crippen LogP contribution is 2.55. The lowest BCUT2D eigenvalue weighted by Gasteiger charge is -2.41. The minimum atomic E-state index is -0.0784.